The quantitative estimate of drug-likeness (QED) is 0.464. The number of benzene rings is 2. The smallest absolute Gasteiger partial charge is 0.416 e. The highest BCUT2D eigenvalue weighted by atomic mass is 19.4. The summed E-state index contributed by atoms with van der Waals surface area (Å²) in [7, 11) is 0. The number of aromatic hydroxyl groups is 1. The third-order valence-electron chi connectivity index (χ3n) is 3.36. The van der Waals surface area contributed by atoms with Crippen LogP contribution in [0.2, 0.25) is 0 Å². The number of nitro benzene ring substituents is 1. The average molecular weight is 339 g/mol. The van der Waals surface area contributed by atoms with Crippen molar-refractivity contribution < 1.29 is 23.2 Å². The highest BCUT2D eigenvalue weighted by Crippen LogP contribution is 2.37. The van der Waals surface area contributed by atoms with Crippen LogP contribution in [0.5, 0.6) is 5.75 Å². The van der Waals surface area contributed by atoms with Crippen molar-refractivity contribution in [2.24, 2.45) is 10.2 Å². The second-order valence-corrected chi connectivity index (χ2v) is 5.08. The van der Waals surface area contributed by atoms with Gasteiger partial charge in [0, 0.05) is 6.07 Å². The molecule has 0 saturated carbocycles. The molecule has 9 heteroatoms. The zero-order valence-electron chi connectivity index (χ0n) is 12.6. The van der Waals surface area contributed by atoms with Crippen molar-refractivity contribution in [3.05, 3.63) is 57.1 Å². The molecule has 0 aliphatic carbocycles. The largest absolute Gasteiger partial charge is 0.506 e. The number of phenolic OH excluding ortho intramolecular Hbond substituents is 1. The Morgan fingerprint density at radius 2 is 1.62 bits per heavy atom. The topological polar surface area (TPSA) is 88.1 Å². The van der Waals surface area contributed by atoms with E-state index in [9.17, 15) is 28.4 Å². The van der Waals surface area contributed by atoms with Crippen LogP contribution >= 0.6 is 0 Å². The maximum Gasteiger partial charge on any atom is 0.416 e. The summed E-state index contributed by atoms with van der Waals surface area (Å²) in [5.74, 6) is -0.184. The molecule has 2 rings (SSSR count). The fourth-order valence-electron chi connectivity index (χ4n) is 1.90. The minimum atomic E-state index is -4.70. The van der Waals surface area contributed by atoms with Crippen LogP contribution in [0.4, 0.5) is 30.2 Å². The van der Waals surface area contributed by atoms with Crippen molar-refractivity contribution in [2.75, 3.05) is 0 Å². The highest BCUT2D eigenvalue weighted by Gasteiger charge is 2.33. The molecule has 0 amide bonds. The van der Waals surface area contributed by atoms with Crippen LogP contribution < -0.4 is 0 Å². The fourth-order valence-corrected chi connectivity index (χ4v) is 1.90. The van der Waals surface area contributed by atoms with Crippen LogP contribution in [0.1, 0.15) is 16.7 Å². The average Bonchev–Trinajstić information content (AvgIpc) is 2.48. The fraction of sp³-hybridized carbons (Fsp3) is 0.200. The Kier molecular flexibility index (Phi) is 4.54. The molecule has 0 radical (unpaired) electrons. The third-order valence-corrected chi connectivity index (χ3v) is 3.36. The Morgan fingerprint density at radius 1 is 1.04 bits per heavy atom. The lowest BCUT2D eigenvalue weighted by atomic mass is 10.1. The van der Waals surface area contributed by atoms with E-state index in [0.29, 0.717) is 12.1 Å². The SMILES string of the molecule is Cc1cc(O)c(/N=N/c2ccc(C(F)(F)F)cc2[N+](=O)[O-])cc1C. The molecule has 0 unspecified atom stereocenters. The van der Waals surface area contributed by atoms with Gasteiger partial charge in [0.05, 0.1) is 10.5 Å². The van der Waals surface area contributed by atoms with E-state index in [-0.39, 0.29) is 17.1 Å². The van der Waals surface area contributed by atoms with Gasteiger partial charge < -0.3 is 5.11 Å². The maximum atomic E-state index is 12.6. The molecule has 0 aromatic heterocycles. The summed E-state index contributed by atoms with van der Waals surface area (Å²) in [5.41, 5.74) is -0.632. The number of hydrogen-bond acceptors (Lipinski definition) is 5. The molecule has 126 valence electrons. The molecule has 24 heavy (non-hydrogen) atoms. The Balaban J connectivity index is 2.46. The van der Waals surface area contributed by atoms with Crippen LogP contribution in [-0.4, -0.2) is 10.0 Å². The molecule has 0 bridgehead atoms. The lowest BCUT2D eigenvalue weighted by Gasteiger charge is -2.07. The summed E-state index contributed by atoms with van der Waals surface area (Å²) in [6.45, 7) is 3.55. The number of nitrogens with zero attached hydrogens (tertiary/aromatic N) is 3. The van der Waals surface area contributed by atoms with E-state index in [1.807, 2.05) is 0 Å². The Bertz CT molecular complexity index is 833. The summed E-state index contributed by atoms with van der Waals surface area (Å²) >= 11 is 0. The molecule has 0 atom stereocenters. The van der Waals surface area contributed by atoms with Gasteiger partial charge in [0.1, 0.15) is 11.4 Å². The van der Waals surface area contributed by atoms with Crippen molar-refractivity contribution in [1.82, 2.24) is 0 Å². The van der Waals surface area contributed by atoms with Gasteiger partial charge in [0.2, 0.25) is 0 Å². The van der Waals surface area contributed by atoms with E-state index in [4.69, 9.17) is 0 Å². The molecular weight excluding hydrogens is 327 g/mol. The third kappa shape index (κ3) is 3.67. The lowest BCUT2D eigenvalue weighted by Crippen LogP contribution is -2.05. The minimum Gasteiger partial charge on any atom is -0.506 e. The number of rotatable bonds is 3. The Labute approximate surface area is 134 Å². The predicted octanol–water partition coefficient (Wildman–Crippen LogP) is 5.35. The summed E-state index contributed by atoms with van der Waals surface area (Å²) in [6, 6.07) is 4.91. The van der Waals surface area contributed by atoms with Gasteiger partial charge >= 0.3 is 6.18 Å². The molecule has 2 aromatic carbocycles. The standard InChI is InChI=1S/C15H12F3N3O3/c1-8-5-12(14(22)6-9(8)2)20-19-11-4-3-10(15(16,17)18)7-13(11)21(23)24/h3-7,22H,1-2H3/b20-19+. The van der Waals surface area contributed by atoms with Gasteiger partial charge in [0.25, 0.3) is 5.69 Å². The van der Waals surface area contributed by atoms with Crippen molar-refractivity contribution in [3.63, 3.8) is 0 Å². The molecular formula is C15H12F3N3O3. The van der Waals surface area contributed by atoms with Gasteiger partial charge in [-0.05, 0) is 49.2 Å². The zero-order chi connectivity index (χ0) is 18.1. The predicted molar refractivity (Wildman–Crippen MR) is 79.9 cm³/mol. The number of phenols is 1. The van der Waals surface area contributed by atoms with Gasteiger partial charge in [-0.2, -0.15) is 13.2 Å². The maximum absolute atomic E-state index is 12.6. The van der Waals surface area contributed by atoms with Crippen molar-refractivity contribution >= 4 is 17.1 Å². The molecule has 0 aliphatic rings. The molecule has 1 N–H and O–H groups in total. The molecule has 0 fully saturated rings. The number of nitro groups is 1. The first-order chi connectivity index (χ1) is 11.1. The zero-order valence-corrected chi connectivity index (χ0v) is 12.6. The summed E-state index contributed by atoms with van der Waals surface area (Å²) in [4.78, 5) is 10.00. The summed E-state index contributed by atoms with van der Waals surface area (Å²) in [5, 5.41) is 28.1. The summed E-state index contributed by atoms with van der Waals surface area (Å²) in [6.07, 6.45) is -4.70. The number of hydrogen-bond donors (Lipinski definition) is 1. The van der Waals surface area contributed by atoms with Crippen molar-refractivity contribution in [2.45, 2.75) is 20.0 Å². The highest BCUT2D eigenvalue weighted by molar-refractivity contribution is 5.60. The molecule has 0 saturated heterocycles. The Hall–Kier alpha value is -2.97. The van der Waals surface area contributed by atoms with E-state index in [1.54, 1.807) is 13.8 Å². The van der Waals surface area contributed by atoms with Gasteiger partial charge in [-0.1, -0.05) is 0 Å². The van der Waals surface area contributed by atoms with Crippen LogP contribution in [-0.2, 0) is 6.18 Å². The molecule has 6 nitrogen and oxygen atoms in total. The minimum absolute atomic E-state index is 0.0623. The van der Waals surface area contributed by atoms with Gasteiger partial charge in [-0.25, -0.2) is 0 Å². The second-order valence-electron chi connectivity index (χ2n) is 5.08. The first-order valence-corrected chi connectivity index (χ1v) is 6.67. The molecule has 0 heterocycles. The van der Waals surface area contributed by atoms with Gasteiger partial charge in [-0.15, -0.1) is 10.2 Å². The van der Waals surface area contributed by atoms with Gasteiger partial charge in [0.15, 0.2) is 5.69 Å². The molecule has 2 aromatic rings. The van der Waals surface area contributed by atoms with Crippen LogP contribution in [0.25, 0.3) is 0 Å². The monoisotopic (exact) mass is 339 g/mol. The number of azo groups is 1. The van der Waals surface area contributed by atoms with Crippen molar-refractivity contribution in [1.29, 1.82) is 0 Å². The van der Waals surface area contributed by atoms with Crippen LogP contribution in [0.15, 0.2) is 40.6 Å². The molecule has 0 aliphatic heterocycles. The normalized spacial score (nSPS) is 11.9. The second kappa shape index (κ2) is 6.26. The van der Waals surface area contributed by atoms with E-state index < -0.39 is 22.4 Å². The van der Waals surface area contributed by atoms with E-state index >= 15 is 0 Å². The van der Waals surface area contributed by atoms with Crippen LogP contribution in [0.3, 0.4) is 0 Å². The first kappa shape index (κ1) is 17.4. The first-order valence-electron chi connectivity index (χ1n) is 6.67. The lowest BCUT2D eigenvalue weighted by molar-refractivity contribution is -0.384. The van der Waals surface area contributed by atoms with E-state index in [0.717, 1.165) is 17.2 Å². The number of alkyl halides is 3. The Morgan fingerprint density at radius 3 is 2.21 bits per heavy atom. The van der Waals surface area contributed by atoms with E-state index in [1.165, 1.54) is 12.1 Å². The number of aryl methyl sites for hydroxylation is 2. The van der Waals surface area contributed by atoms with Crippen molar-refractivity contribution in [3.8, 4) is 5.75 Å². The molecule has 0 spiro atoms. The summed E-state index contributed by atoms with van der Waals surface area (Å²) < 4.78 is 37.9. The van der Waals surface area contributed by atoms with E-state index in [2.05, 4.69) is 10.2 Å². The van der Waals surface area contributed by atoms with Gasteiger partial charge in [-0.3, -0.25) is 10.1 Å². The van der Waals surface area contributed by atoms with Crippen LogP contribution in [0, 0.1) is 24.0 Å². The number of halogens is 3.